The van der Waals surface area contributed by atoms with Crippen molar-refractivity contribution in [2.75, 3.05) is 5.32 Å². The van der Waals surface area contributed by atoms with E-state index >= 15 is 0 Å². The van der Waals surface area contributed by atoms with Crippen LogP contribution in [0.1, 0.15) is 39.1 Å². The molecule has 0 bridgehead atoms. The fourth-order valence-corrected chi connectivity index (χ4v) is 3.73. The number of Topliss-reactive ketones (excluding diaryl/α,β-unsaturated/α-hetero) is 1. The summed E-state index contributed by atoms with van der Waals surface area (Å²) >= 11 is 3.23. The summed E-state index contributed by atoms with van der Waals surface area (Å²) in [6, 6.07) is 9.19. The summed E-state index contributed by atoms with van der Waals surface area (Å²) in [7, 11) is -3.91. The number of benzene rings is 2. The Morgan fingerprint density at radius 2 is 1.88 bits per heavy atom. The number of nitrogens with one attached hydrogen (secondary N) is 1. The highest BCUT2D eigenvalue weighted by Crippen LogP contribution is 2.26. The molecule has 0 aromatic heterocycles. The Bertz CT molecular complexity index is 986. The zero-order chi connectivity index (χ0) is 18.2. The molecular formula is C17H15BrN2O4S. The molecule has 0 fully saturated rings. The van der Waals surface area contributed by atoms with Crippen LogP contribution in [-0.4, -0.2) is 20.1 Å². The molecule has 6 nitrogen and oxygen atoms in total. The molecular weight excluding hydrogens is 408 g/mol. The van der Waals surface area contributed by atoms with Gasteiger partial charge in [0.05, 0.1) is 10.5 Å². The largest absolute Gasteiger partial charge is 0.322 e. The summed E-state index contributed by atoms with van der Waals surface area (Å²) in [6.07, 6.45) is 2.19. The maximum atomic E-state index is 12.5. The minimum Gasteiger partial charge on any atom is -0.322 e. The van der Waals surface area contributed by atoms with Crippen molar-refractivity contribution in [2.24, 2.45) is 5.14 Å². The Labute approximate surface area is 153 Å². The van der Waals surface area contributed by atoms with Gasteiger partial charge in [-0.05, 0) is 64.7 Å². The number of sulfonamides is 1. The standard InChI is InChI=1S/C17H15BrN2O4S/c18-15-7-6-12(25(19,23)24)9-14(15)17(22)20-11-5-4-10-2-1-3-16(21)13(10)8-11/h4-9H,1-3H2,(H,20,22)(H2,19,23,24). The maximum absolute atomic E-state index is 12.5. The van der Waals surface area contributed by atoms with Crippen molar-refractivity contribution >= 4 is 43.3 Å². The molecule has 130 valence electrons. The zero-order valence-electron chi connectivity index (χ0n) is 13.1. The van der Waals surface area contributed by atoms with Crippen LogP contribution in [-0.2, 0) is 16.4 Å². The van der Waals surface area contributed by atoms with E-state index in [-0.39, 0.29) is 16.2 Å². The van der Waals surface area contributed by atoms with E-state index in [2.05, 4.69) is 21.2 Å². The first-order valence-electron chi connectivity index (χ1n) is 7.55. The second-order valence-corrected chi connectivity index (χ2v) is 8.21. The average molecular weight is 423 g/mol. The van der Waals surface area contributed by atoms with Crippen LogP contribution in [0.2, 0.25) is 0 Å². The van der Waals surface area contributed by atoms with Crippen molar-refractivity contribution in [1.82, 2.24) is 0 Å². The molecule has 8 heteroatoms. The normalized spacial score (nSPS) is 14.1. The summed E-state index contributed by atoms with van der Waals surface area (Å²) in [5, 5.41) is 7.80. The van der Waals surface area contributed by atoms with Crippen LogP contribution in [0, 0.1) is 0 Å². The number of primary sulfonamides is 1. The lowest BCUT2D eigenvalue weighted by atomic mass is 9.90. The van der Waals surface area contributed by atoms with E-state index in [1.165, 1.54) is 18.2 Å². The summed E-state index contributed by atoms with van der Waals surface area (Å²) in [6.45, 7) is 0. The van der Waals surface area contributed by atoms with Gasteiger partial charge >= 0.3 is 0 Å². The number of fused-ring (bicyclic) bond motifs is 1. The number of hydrogen-bond donors (Lipinski definition) is 2. The van der Waals surface area contributed by atoms with Crippen LogP contribution in [0.3, 0.4) is 0 Å². The molecule has 0 saturated heterocycles. The van der Waals surface area contributed by atoms with Crippen LogP contribution in [0.5, 0.6) is 0 Å². The molecule has 2 aromatic rings. The molecule has 0 atom stereocenters. The molecule has 0 heterocycles. The maximum Gasteiger partial charge on any atom is 0.256 e. The number of ketones is 1. The molecule has 2 aromatic carbocycles. The lowest BCUT2D eigenvalue weighted by Crippen LogP contribution is -2.17. The molecule has 3 rings (SSSR count). The smallest absolute Gasteiger partial charge is 0.256 e. The predicted octanol–water partition coefficient (Wildman–Crippen LogP) is 2.87. The molecule has 0 spiro atoms. The van der Waals surface area contributed by atoms with Gasteiger partial charge in [0.1, 0.15) is 0 Å². The topological polar surface area (TPSA) is 106 Å². The van der Waals surface area contributed by atoms with E-state index in [9.17, 15) is 18.0 Å². The van der Waals surface area contributed by atoms with E-state index in [4.69, 9.17) is 5.14 Å². The van der Waals surface area contributed by atoms with Crippen LogP contribution in [0.25, 0.3) is 0 Å². The van der Waals surface area contributed by atoms with E-state index in [0.717, 1.165) is 18.4 Å². The quantitative estimate of drug-likeness (QED) is 0.792. The Morgan fingerprint density at radius 1 is 1.12 bits per heavy atom. The Morgan fingerprint density at radius 3 is 2.60 bits per heavy atom. The second kappa shape index (κ2) is 6.70. The predicted molar refractivity (Wildman–Crippen MR) is 97.2 cm³/mol. The van der Waals surface area contributed by atoms with E-state index in [1.807, 2.05) is 6.07 Å². The first-order chi connectivity index (χ1) is 11.8. The van der Waals surface area contributed by atoms with E-state index in [0.29, 0.717) is 22.1 Å². The monoisotopic (exact) mass is 422 g/mol. The number of anilines is 1. The number of nitrogens with two attached hydrogens (primary N) is 1. The molecule has 1 amide bonds. The van der Waals surface area contributed by atoms with Crippen LogP contribution < -0.4 is 10.5 Å². The van der Waals surface area contributed by atoms with E-state index < -0.39 is 15.9 Å². The number of carbonyl (C=O) groups is 2. The average Bonchev–Trinajstić information content (AvgIpc) is 2.55. The number of carbonyl (C=O) groups excluding carboxylic acids is 2. The minimum atomic E-state index is -3.91. The van der Waals surface area contributed by atoms with Crippen LogP contribution in [0.15, 0.2) is 45.8 Å². The highest BCUT2D eigenvalue weighted by molar-refractivity contribution is 9.10. The van der Waals surface area contributed by atoms with Gasteiger partial charge in [-0.15, -0.1) is 0 Å². The lowest BCUT2D eigenvalue weighted by Gasteiger charge is -2.16. The van der Waals surface area contributed by atoms with Gasteiger partial charge < -0.3 is 5.32 Å². The van der Waals surface area contributed by atoms with Gasteiger partial charge in [-0.25, -0.2) is 13.6 Å². The van der Waals surface area contributed by atoms with Crippen LogP contribution in [0.4, 0.5) is 5.69 Å². The first-order valence-corrected chi connectivity index (χ1v) is 9.89. The Kier molecular flexibility index (Phi) is 4.77. The molecule has 0 aliphatic heterocycles. The third-order valence-corrected chi connectivity index (χ3v) is 5.63. The summed E-state index contributed by atoms with van der Waals surface area (Å²) in [4.78, 5) is 24.4. The number of rotatable bonds is 3. The van der Waals surface area contributed by atoms with Gasteiger partial charge in [-0.1, -0.05) is 6.07 Å². The summed E-state index contributed by atoms with van der Waals surface area (Å²) in [5.41, 5.74) is 2.22. The first kappa shape index (κ1) is 17.8. The van der Waals surface area contributed by atoms with Gasteiger partial charge in [0, 0.05) is 22.1 Å². The van der Waals surface area contributed by atoms with Crippen molar-refractivity contribution in [1.29, 1.82) is 0 Å². The summed E-state index contributed by atoms with van der Waals surface area (Å²) in [5.74, 6) is -0.435. The molecule has 25 heavy (non-hydrogen) atoms. The van der Waals surface area contributed by atoms with Gasteiger partial charge in [-0.2, -0.15) is 0 Å². The van der Waals surface area contributed by atoms with Crippen molar-refractivity contribution in [3.8, 4) is 0 Å². The summed E-state index contributed by atoms with van der Waals surface area (Å²) < 4.78 is 23.4. The van der Waals surface area contributed by atoms with Crippen molar-refractivity contribution in [3.63, 3.8) is 0 Å². The SMILES string of the molecule is NS(=O)(=O)c1ccc(Br)c(C(=O)Nc2ccc3c(c2)C(=O)CCC3)c1. The molecule has 1 aliphatic carbocycles. The third-order valence-electron chi connectivity index (χ3n) is 4.03. The number of amides is 1. The molecule has 0 saturated carbocycles. The second-order valence-electron chi connectivity index (χ2n) is 5.79. The Hall–Kier alpha value is -2.03. The van der Waals surface area contributed by atoms with Gasteiger partial charge in [0.2, 0.25) is 10.0 Å². The molecule has 0 unspecified atom stereocenters. The number of hydrogen-bond acceptors (Lipinski definition) is 4. The van der Waals surface area contributed by atoms with E-state index in [1.54, 1.807) is 12.1 Å². The highest BCUT2D eigenvalue weighted by atomic mass is 79.9. The fraction of sp³-hybridized carbons (Fsp3) is 0.176. The molecule has 0 radical (unpaired) electrons. The minimum absolute atomic E-state index is 0.0646. The third kappa shape index (κ3) is 3.81. The number of aryl methyl sites for hydroxylation is 1. The van der Waals surface area contributed by atoms with Crippen molar-refractivity contribution < 1.29 is 18.0 Å². The fourth-order valence-electron chi connectivity index (χ4n) is 2.76. The Balaban J connectivity index is 1.91. The van der Waals surface area contributed by atoms with Gasteiger partial charge in [-0.3, -0.25) is 9.59 Å². The molecule has 1 aliphatic rings. The van der Waals surface area contributed by atoms with Crippen LogP contribution >= 0.6 is 15.9 Å². The van der Waals surface area contributed by atoms with Gasteiger partial charge in [0.15, 0.2) is 5.78 Å². The zero-order valence-corrected chi connectivity index (χ0v) is 15.5. The van der Waals surface area contributed by atoms with Crippen molar-refractivity contribution in [3.05, 3.63) is 57.6 Å². The highest BCUT2D eigenvalue weighted by Gasteiger charge is 2.19. The molecule has 3 N–H and O–H groups in total. The van der Waals surface area contributed by atoms with Gasteiger partial charge in [0.25, 0.3) is 5.91 Å². The number of halogens is 1. The van der Waals surface area contributed by atoms with Crippen molar-refractivity contribution in [2.45, 2.75) is 24.2 Å². The lowest BCUT2D eigenvalue weighted by molar-refractivity contribution is 0.0970.